The van der Waals surface area contributed by atoms with E-state index >= 15 is 0 Å². The van der Waals surface area contributed by atoms with Crippen LogP contribution in [-0.4, -0.2) is 4.98 Å². The van der Waals surface area contributed by atoms with E-state index in [1.807, 2.05) is 18.2 Å². The minimum Gasteiger partial charge on any atom is -0.441 e. The van der Waals surface area contributed by atoms with Crippen molar-refractivity contribution in [2.45, 2.75) is 40.5 Å². The second kappa shape index (κ2) is 4.63. The van der Waals surface area contributed by atoms with Crippen molar-refractivity contribution in [3.05, 3.63) is 24.1 Å². The Bertz CT molecular complexity index is 537. The summed E-state index contributed by atoms with van der Waals surface area (Å²) in [5.74, 6) is 1.35. The minimum atomic E-state index is 0.338. The van der Waals surface area contributed by atoms with E-state index in [0.717, 1.165) is 29.8 Å². The van der Waals surface area contributed by atoms with Gasteiger partial charge in [-0.05, 0) is 29.9 Å². The van der Waals surface area contributed by atoms with Crippen molar-refractivity contribution in [1.29, 1.82) is 0 Å². The molecule has 0 aliphatic carbocycles. The van der Waals surface area contributed by atoms with E-state index in [1.165, 1.54) is 0 Å². The van der Waals surface area contributed by atoms with E-state index in [4.69, 9.17) is 10.2 Å². The molecule has 2 rings (SSSR count). The van der Waals surface area contributed by atoms with Gasteiger partial charge in [0.05, 0.1) is 5.69 Å². The SMILES string of the molecule is CC(Cc1nc2c(N)cccc2o1)CC(C)(C)C. The summed E-state index contributed by atoms with van der Waals surface area (Å²) in [6.07, 6.45) is 2.02. The normalized spacial score (nSPS) is 14.0. The Kier molecular flexibility index (Phi) is 3.33. The Morgan fingerprint density at radius 2 is 2.06 bits per heavy atom. The molecular formula is C15H22N2O. The lowest BCUT2D eigenvalue weighted by Crippen LogP contribution is -2.12. The molecule has 0 spiro atoms. The average Bonchev–Trinajstić information content (AvgIpc) is 2.58. The highest BCUT2D eigenvalue weighted by Crippen LogP contribution is 2.28. The molecule has 1 aromatic heterocycles. The first-order valence-electron chi connectivity index (χ1n) is 6.49. The predicted molar refractivity (Wildman–Crippen MR) is 75.4 cm³/mol. The van der Waals surface area contributed by atoms with Crippen LogP contribution in [0.25, 0.3) is 11.1 Å². The van der Waals surface area contributed by atoms with Crippen LogP contribution in [-0.2, 0) is 6.42 Å². The second-order valence-corrected chi connectivity index (χ2v) is 6.38. The van der Waals surface area contributed by atoms with Crippen LogP contribution in [0.4, 0.5) is 5.69 Å². The zero-order valence-corrected chi connectivity index (χ0v) is 11.7. The molecule has 0 bridgehead atoms. The van der Waals surface area contributed by atoms with Crippen molar-refractivity contribution in [3.8, 4) is 0 Å². The second-order valence-electron chi connectivity index (χ2n) is 6.38. The molecule has 0 amide bonds. The van der Waals surface area contributed by atoms with E-state index in [-0.39, 0.29) is 0 Å². The van der Waals surface area contributed by atoms with E-state index in [0.29, 0.717) is 17.0 Å². The number of oxazole rings is 1. The number of benzene rings is 1. The summed E-state index contributed by atoms with van der Waals surface area (Å²) in [6.45, 7) is 9.01. The predicted octanol–water partition coefficient (Wildman–Crippen LogP) is 4.02. The number of nitrogen functional groups attached to an aromatic ring is 1. The van der Waals surface area contributed by atoms with Crippen LogP contribution in [0, 0.1) is 11.3 Å². The number of nitrogens with two attached hydrogens (primary N) is 1. The average molecular weight is 246 g/mol. The Labute approximate surface area is 108 Å². The van der Waals surface area contributed by atoms with Gasteiger partial charge in [-0.15, -0.1) is 0 Å². The van der Waals surface area contributed by atoms with E-state index < -0.39 is 0 Å². The molecule has 0 aliphatic heterocycles. The van der Waals surface area contributed by atoms with Crippen LogP contribution in [0.2, 0.25) is 0 Å². The van der Waals surface area contributed by atoms with Gasteiger partial charge >= 0.3 is 0 Å². The standard InChI is InChI=1S/C15H22N2O/c1-10(9-15(2,3)4)8-13-17-14-11(16)6-5-7-12(14)18-13/h5-7,10H,8-9,16H2,1-4H3. The molecule has 0 saturated carbocycles. The Balaban J connectivity index is 2.15. The van der Waals surface area contributed by atoms with Crippen molar-refractivity contribution < 1.29 is 4.42 Å². The molecule has 98 valence electrons. The molecule has 1 heterocycles. The van der Waals surface area contributed by atoms with Crippen molar-refractivity contribution in [2.24, 2.45) is 11.3 Å². The van der Waals surface area contributed by atoms with E-state index in [9.17, 15) is 0 Å². The zero-order valence-electron chi connectivity index (χ0n) is 11.7. The lowest BCUT2D eigenvalue weighted by molar-refractivity contribution is 0.295. The number of hydrogen-bond donors (Lipinski definition) is 1. The fraction of sp³-hybridized carbons (Fsp3) is 0.533. The monoisotopic (exact) mass is 246 g/mol. The molecule has 2 N–H and O–H groups in total. The largest absolute Gasteiger partial charge is 0.441 e. The fourth-order valence-electron chi connectivity index (χ4n) is 2.52. The van der Waals surface area contributed by atoms with Crippen LogP contribution in [0.15, 0.2) is 22.6 Å². The van der Waals surface area contributed by atoms with E-state index in [2.05, 4.69) is 32.7 Å². The lowest BCUT2D eigenvalue weighted by atomic mass is 9.84. The number of aromatic nitrogens is 1. The molecular weight excluding hydrogens is 224 g/mol. The van der Waals surface area contributed by atoms with Crippen molar-refractivity contribution in [3.63, 3.8) is 0 Å². The minimum absolute atomic E-state index is 0.338. The van der Waals surface area contributed by atoms with Crippen molar-refractivity contribution >= 4 is 16.8 Å². The van der Waals surface area contributed by atoms with Gasteiger partial charge in [0.2, 0.25) is 0 Å². The van der Waals surface area contributed by atoms with Crippen LogP contribution in [0.3, 0.4) is 0 Å². The maximum atomic E-state index is 5.88. The summed E-state index contributed by atoms with van der Waals surface area (Å²) in [4.78, 5) is 4.49. The first-order chi connectivity index (χ1) is 8.35. The quantitative estimate of drug-likeness (QED) is 0.832. The number of anilines is 1. The number of nitrogens with zero attached hydrogens (tertiary/aromatic N) is 1. The summed E-state index contributed by atoms with van der Waals surface area (Å²) >= 11 is 0. The van der Waals surface area contributed by atoms with Gasteiger partial charge in [-0.25, -0.2) is 4.98 Å². The molecule has 0 radical (unpaired) electrons. The highest BCUT2D eigenvalue weighted by molar-refractivity contribution is 5.85. The van der Waals surface area contributed by atoms with Gasteiger partial charge in [0.15, 0.2) is 11.5 Å². The Hall–Kier alpha value is -1.51. The van der Waals surface area contributed by atoms with Gasteiger partial charge in [-0.3, -0.25) is 0 Å². The summed E-state index contributed by atoms with van der Waals surface area (Å²) in [5.41, 5.74) is 8.48. The molecule has 3 nitrogen and oxygen atoms in total. The molecule has 1 atom stereocenters. The topological polar surface area (TPSA) is 52.0 Å². The number of fused-ring (bicyclic) bond motifs is 1. The molecule has 0 aliphatic rings. The van der Waals surface area contributed by atoms with Crippen LogP contribution >= 0.6 is 0 Å². The first-order valence-corrected chi connectivity index (χ1v) is 6.49. The first kappa shape index (κ1) is 12.9. The van der Waals surface area contributed by atoms with Gasteiger partial charge in [0, 0.05) is 6.42 Å². The third kappa shape index (κ3) is 3.03. The molecule has 18 heavy (non-hydrogen) atoms. The highest BCUT2D eigenvalue weighted by Gasteiger charge is 2.18. The van der Waals surface area contributed by atoms with Gasteiger partial charge in [0.25, 0.3) is 0 Å². The van der Waals surface area contributed by atoms with Crippen LogP contribution in [0.1, 0.15) is 40.0 Å². The third-order valence-electron chi connectivity index (χ3n) is 2.98. The maximum absolute atomic E-state index is 5.88. The highest BCUT2D eigenvalue weighted by atomic mass is 16.3. The Morgan fingerprint density at radius 3 is 2.67 bits per heavy atom. The smallest absolute Gasteiger partial charge is 0.195 e. The van der Waals surface area contributed by atoms with Crippen molar-refractivity contribution in [1.82, 2.24) is 4.98 Å². The summed E-state index contributed by atoms with van der Waals surface area (Å²) in [6, 6.07) is 5.66. The number of hydrogen-bond acceptors (Lipinski definition) is 3. The number of rotatable bonds is 3. The van der Waals surface area contributed by atoms with Gasteiger partial charge in [0.1, 0.15) is 5.52 Å². The Morgan fingerprint density at radius 1 is 1.33 bits per heavy atom. The maximum Gasteiger partial charge on any atom is 0.195 e. The zero-order chi connectivity index (χ0) is 13.3. The van der Waals surface area contributed by atoms with Crippen LogP contribution < -0.4 is 5.73 Å². The summed E-state index contributed by atoms with van der Waals surface area (Å²) in [7, 11) is 0. The fourth-order valence-corrected chi connectivity index (χ4v) is 2.52. The molecule has 3 heteroatoms. The van der Waals surface area contributed by atoms with Crippen LogP contribution in [0.5, 0.6) is 0 Å². The number of para-hydroxylation sites is 1. The molecule has 1 unspecified atom stereocenters. The molecule has 0 saturated heterocycles. The molecule has 2 aromatic rings. The molecule has 1 aromatic carbocycles. The van der Waals surface area contributed by atoms with Crippen molar-refractivity contribution in [2.75, 3.05) is 5.73 Å². The summed E-state index contributed by atoms with van der Waals surface area (Å²) < 4.78 is 5.74. The van der Waals surface area contributed by atoms with E-state index in [1.54, 1.807) is 0 Å². The van der Waals surface area contributed by atoms with Gasteiger partial charge in [-0.1, -0.05) is 33.8 Å². The third-order valence-corrected chi connectivity index (χ3v) is 2.98. The van der Waals surface area contributed by atoms with Gasteiger partial charge < -0.3 is 10.2 Å². The lowest BCUT2D eigenvalue weighted by Gasteiger charge is -2.22. The summed E-state index contributed by atoms with van der Waals surface area (Å²) in [5, 5.41) is 0. The van der Waals surface area contributed by atoms with Gasteiger partial charge in [-0.2, -0.15) is 0 Å². The molecule has 0 fully saturated rings.